The lowest BCUT2D eigenvalue weighted by atomic mass is 9.94. The zero-order valence-electron chi connectivity index (χ0n) is 18.0. The van der Waals surface area contributed by atoms with Crippen molar-refractivity contribution >= 4 is 0 Å². The first kappa shape index (κ1) is 23.5. The first-order chi connectivity index (χ1) is 14.1. The number of benzene rings is 3. The van der Waals surface area contributed by atoms with Gasteiger partial charge in [-0.3, -0.25) is 0 Å². The lowest BCUT2D eigenvalue weighted by Gasteiger charge is -2.23. The zero-order chi connectivity index (χ0) is 22.6. The van der Waals surface area contributed by atoms with Crippen molar-refractivity contribution in [2.45, 2.75) is 47.7 Å². The highest BCUT2D eigenvalue weighted by atomic mass is 19.3. The van der Waals surface area contributed by atoms with Crippen LogP contribution in [0, 0.1) is 39.3 Å². The molecule has 0 aliphatic carbocycles. The minimum absolute atomic E-state index is 0.103. The van der Waals surface area contributed by atoms with Gasteiger partial charge in [-0.25, -0.2) is 8.78 Å². The predicted molar refractivity (Wildman–Crippen MR) is 113 cm³/mol. The molecule has 3 aromatic carbocycles. The van der Waals surface area contributed by atoms with Gasteiger partial charge in [-0.15, -0.1) is 0 Å². The molecule has 0 radical (unpaired) electrons. The summed E-state index contributed by atoms with van der Waals surface area (Å²) in [6, 6.07) is 12.8. The van der Waals surface area contributed by atoms with Crippen molar-refractivity contribution in [3.8, 4) is 16.9 Å². The Kier molecular flexibility index (Phi) is 7.30. The summed E-state index contributed by atoms with van der Waals surface area (Å²) in [5, 5.41) is 0. The fourth-order valence-corrected chi connectivity index (χ4v) is 3.29. The standard InChI is InChI=1S/C23H20F4O.C2H6/c1-13-5-7-17(8-6-13)18-9-14(2)21(15(3)10-18)23(26,27)28-19-11-16(4)22(25)20(24)12-19;1-2/h5-12H,1-4H3;1-2H3. The van der Waals surface area contributed by atoms with E-state index in [0.717, 1.165) is 22.8 Å². The molecule has 0 N–H and O–H groups in total. The molecule has 0 saturated heterocycles. The van der Waals surface area contributed by atoms with Crippen molar-refractivity contribution < 1.29 is 22.3 Å². The van der Waals surface area contributed by atoms with Gasteiger partial charge >= 0.3 is 6.11 Å². The van der Waals surface area contributed by atoms with E-state index in [1.165, 1.54) is 6.92 Å². The normalized spacial score (nSPS) is 11.0. The monoisotopic (exact) mass is 418 g/mol. The minimum atomic E-state index is -3.70. The summed E-state index contributed by atoms with van der Waals surface area (Å²) in [5.74, 6) is -2.73. The van der Waals surface area contributed by atoms with Crippen LogP contribution in [0.4, 0.5) is 17.6 Å². The molecule has 5 heteroatoms. The summed E-state index contributed by atoms with van der Waals surface area (Å²) in [4.78, 5) is 0. The highest BCUT2D eigenvalue weighted by molar-refractivity contribution is 5.66. The maximum Gasteiger partial charge on any atom is 0.427 e. The van der Waals surface area contributed by atoms with Gasteiger partial charge in [0.25, 0.3) is 0 Å². The van der Waals surface area contributed by atoms with Crippen LogP contribution >= 0.6 is 0 Å². The van der Waals surface area contributed by atoms with Gasteiger partial charge < -0.3 is 4.74 Å². The van der Waals surface area contributed by atoms with E-state index >= 15 is 0 Å². The Bertz CT molecular complexity index is 978. The van der Waals surface area contributed by atoms with Crippen LogP contribution in [0.5, 0.6) is 5.75 Å². The fraction of sp³-hybridized carbons (Fsp3) is 0.280. The van der Waals surface area contributed by atoms with Crippen LogP contribution in [0.3, 0.4) is 0 Å². The zero-order valence-corrected chi connectivity index (χ0v) is 18.0. The van der Waals surface area contributed by atoms with Gasteiger partial charge in [0.15, 0.2) is 11.6 Å². The van der Waals surface area contributed by atoms with Crippen LogP contribution in [0.1, 0.15) is 41.7 Å². The molecule has 0 amide bonds. The number of alkyl halides is 2. The topological polar surface area (TPSA) is 9.23 Å². The highest BCUT2D eigenvalue weighted by Crippen LogP contribution is 2.38. The van der Waals surface area contributed by atoms with Gasteiger partial charge in [0.1, 0.15) is 5.75 Å². The van der Waals surface area contributed by atoms with Crippen molar-refractivity contribution in [1.29, 1.82) is 0 Å². The van der Waals surface area contributed by atoms with Gasteiger partial charge in [0.2, 0.25) is 0 Å². The van der Waals surface area contributed by atoms with Crippen molar-refractivity contribution in [1.82, 2.24) is 0 Å². The van der Waals surface area contributed by atoms with E-state index < -0.39 is 23.5 Å². The van der Waals surface area contributed by atoms with Crippen LogP contribution < -0.4 is 4.74 Å². The van der Waals surface area contributed by atoms with Gasteiger partial charge in [0, 0.05) is 6.07 Å². The van der Waals surface area contributed by atoms with Crippen LogP contribution in [0.25, 0.3) is 11.1 Å². The van der Waals surface area contributed by atoms with Crippen LogP contribution in [-0.2, 0) is 6.11 Å². The Morgan fingerprint density at radius 2 is 1.23 bits per heavy atom. The Morgan fingerprint density at radius 1 is 0.700 bits per heavy atom. The Labute approximate surface area is 175 Å². The maximum absolute atomic E-state index is 14.9. The molecular weight excluding hydrogens is 392 g/mol. The SMILES string of the molecule is CC.Cc1ccc(-c2cc(C)c(C(F)(F)Oc3cc(C)c(F)c(F)c3)c(C)c2)cc1. The second-order valence-electron chi connectivity index (χ2n) is 7.01. The highest BCUT2D eigenvalue weighted by Gasteiger charge is 2.38. The molecule has 0 atom stereocenters. The second kappa shape index (κ2) is 9.33. The van der Waals surface area contributed by atoms with Crippen molar-refractivity contribution in [2.24, 2.45) is 0 Å². The van der Waals surface area contributed by atoms with E-state index in [4.69, 9.17) is 4.74 Å². The molecular formula is C25H26F4O. The first-order valence-corrected chi connectivity index (χ1v) is 9.79. The van der Waals surface area contributed by atoms with E-state index in [1.807, 2.05) is 45.0 Å². The summed E-state index contributed by atoms with van der Waals surface area (Å²) < 4.78 is 61.5. The molecule has 0 spiro atoms. The molecule has 30 heavy (non-hydrogen) atoms. The number of aryl methyl sites for hydroxylation is 4. The van der Waals surface area contributed by atoms with Crippen LogP contribution in [-0.4, -0.2) is 0 Å². The third-order valence-electron chi connectivity index (χ3n) is 4.64. The molecule has 0 heterocycles. The molecule has 1 nitrogen and oxygen atoms in total. The maximum atomic E-state index is 14.9. The smallest absolute Gasteiger partial charge is 0.427 e. The summed E-state index contributed by atoms with van der Waals surface area (Å²) in [7, 11) is 0. The van der Waals surface area contributed by atoms with Gasteiger partial charge in [-0.2, -0.15) is 8.78 Å². The first-order valence-electron chi connectivity index (χ1n) is 9.79. The van der Waals surface area contributed by atoms with Gasteiger partial charge in [0.05, 0.1) is 5.56 Å². The summed E-state index contributed by atoms with van der Waals surface area (Å²) in [6.45, 7) is 10.4. The average molecular weight is 418 g/mol. The lowest BCUT2D eigenvalue weighted by molar-refractivity contribution is -0.186. The van der Waals surface area contributed by atoms with E-state index in [9.17, 15) is 17.6 Å². The number of hydrogen-bond acceptors (Lipinski definition) is 1. The molecule has 3 aromatic rings. The third-order valence-corrected chi connectivity index (χ3v) is 4.64. The molecule has 160 valence electrons. The summed E-state index contributed by atoms with van der Waals surface area (Å²) in [6.07, 6.45) is -3.70. The summed E-state index contributed by atoms with van der Waals surface area (Å²) >= 11 is 0. The fourth-order valence-electron chi connectivity index (χ4n) is 3.29. The quantitative estimate of drug-likeness (QED) is 0.390. The van der Waals surface area contributed by atoms with Crippen molar-refractivity contribution in [3.05, 3.63) is 88.0 Å². The van der Waals surface area contributed by atoms with Gasteiger partial charge in [-0.1, -0.05) is 55.8 Å². The average Bonchev–Trinajstić information content (AvgIpc) is 2.67. The van der Waals surface area contributed by atoms with E-state index in [-0.39, 0.29) is 11.1 Å². The number of rotatable bonds is 4. The third kappa shape index (κ3) is 5.02. The molecule has 3 rings (SSSR count). The van der Waals surface area contributed by atoms with E-state index in [2.05, 4.69) is 0 Å². The Hall–Kier alpha value is -2.82. The Morgan fingerprint density at radius 3 is 1.73 bits per heavy atom. The molecule has 0 saturated carbocycles. The molecule has 0 aliphatic heterocycles. The predicted octanol–water partition coefficient (Wildman–Crippen LogP) is 8.02. The minimum Gasteiger partial charge on any atom is -0.429 e. The molecule has 0 bridgehead atoms. The molecule has 0 aliphatic rings. The molecule has 0 fully saturated rings. The van der Waals surface area contributed by atoms with Gasteiger partial charge in [-0.05, 0) is 61.6 Å². The second-order valence-corrected chi connectivity index (χ2v) is 7.01. The van der Waals surface area contributed by atoms with Crippen molar-refractivity contribution in [2.75, 3.05) is 0 Å². The summed E-state index contributed by atoms with van der Waals surface area (Å²) in [5.41, 5.74) is 3.15. The molecule has 0 aromatic heterocycles. The lowest BCUT2D eigenvalue weighted by Crippen LogP contribution is -2.24. The van der Waals surface area contributed by atoms with E-state index in [0.29, 0.717) is 17.2 Å². The number of halogens is 4. The van der Waals surface area contributed by atoms with Crippen LogP contribution in [0.15, 0.2) is 48.5 Å². The van der Waals surface area contributed by atoms with Crippen LogP contribution in [0.2, 0.25) is 0 Å². The number of ether oxygens (including phenoxy) is 1. The Balaban J connectivity index is 0.00000155. The number of hydrogen-bond donors (Lipinski definition) is 0. The largest absolute Gasteiger partial charge is 0.429 e. The van der Waals surface area contributed by atoms with Crippen molar-refractivity contribution in [3.63, 3.8) is 0 Å². The molecule has 0 unspecified atom stereocenters. The van der Waals surface area contributed by atoms with E-state index in [1.54, 1.807) is 26.0 Å².